The van der Waals surface area contributed by atoms with Gasteiger partial charge in [0.05, 0.1) is 10.5 Å². The van der Waals surface area contributed by atoms with Crippen LogP contribution in [0.3, 0.4) is 0 Å². The number of imide groups is 1. The van der Waals surface area contributed by atoms with Gasteiger partial charge in [-0.3, -0.25) is 19.7 Å². The zero-order valence-corrected chi connectivity index (χ0v) is 8.71. The maximum Gasteiger partial charge on any atom is 0.305 e. The van der Waals surface area contributed by atoms with E-state index >= 15 is 0 Å². The highest BCUT2D eigenvalue weighted by atomic mass is 19.1. The van der Waals surface area contributed by atoms with E-state index in [4.69, 9.17) is 5.84 Å². The molecule has 2 N–H and O–H groups in total. The molecule has 0 fully saturated rings. The van der Waals surface area contributed by atoms with E-state index in [1.807, 2.05) is 0 Å². The molecule has 2 amide bonds. The van der Waals surface area contributed by atoms with Crippen molar-refractivity contribution < 1.29 is 18.9 Å². The molecule has 1 rings (SSSR count). The second kappa shape index (κ2) is 4.66. The monoisotopic (exact) mass is 241 g/mol. The third-order valence-corrected chi connectivity index (χ3v) is 1.96. The van der Waals surface area contributed by atoms with Gasteiger partial charge in [0.25, 0.3) is 5.91 Å². The summed E-state index contributed by atoms with van der Waals surface area (Å²) in [5, 5.41) is 10.6. The standard InChI is InChI=1S/C9H8FN3O4/c1-5(14)12(11)9(15)6-3-2-4-7(8(6)10)13(16)17/h2-4H,11H2,1H3. The summed E-state index contributed by atoms with van der Waals surface area (Å²) in [4.78, 5) is 31.8. The summed E-state index contributed by atoms with van der Waals surface area (Å²) < 4.78 is 13.5. The van der Waals surface area contributed by atoms with Gasteiger partial charge < -0.3 is 0 Å². The number of nitro benzene ring substituents is 1. The quantitative estimate of drug-likeness (QED) is 0.353. The zero-order chi connectivity index (χ0) is 13.2. The normalized spacial score (nSPS) is 9.82. The number of rotatable bonds is 2. The molecule has 1 aromatic rings. The average Bonchev–Trinajstić information content (AvgIpc) is 2.26. The minimum Gasteiger partial charge on any atom is -0.273 e. The van der Waals surface area contributed by atoms with Crippen LogP contribution in [0.2, 0.25) is 0 Å². The van der Waals surface area contributed by atoms with E-state index in [2.05, 4.69) is 0 Å². The predicted molar refractivity (Wildman–Crippen MR) is 54.1 cm³/mol. The fraction of sp³-hybridized carbons (Fsp3) is 0.111. The average molecular weight is 241 g/mol. The number of carbonyl (C=O) groups excluding carboxylic acids is 2. The summed E-state index contributed by atoms with van der Waals surface area (Å²) >= 11 is 0. The maximum absolute atomic E-state index is 13.5. The third-order valence-electron chi connectivity index (χ3n) is 1.96. The Bertz CT molecular complexity index is 503. The number of carbonyl (C=O) groups is 2. The molecular formula is C9H8FN3O4. The number of benzene rings is 1. The Morgan fingerprint density at radius 3 is 2.53 bits per heavy atom. The Hall–Kier alpha value is -2.35. The van der Waals surface area contributed by atoms with Crippen molar-refractivity contribution in [2.45, 2.75) is 6.92 Å². The van der Waals surface area contributed by atoms with E-state index in [0.717, 1.165) is 25.1 Å². The summed E-state index contributed by atoms with van der Waals surface area (Å²) in [5.41, 5.74) is -1.48. The molecule has 0 saturated heterocycles. The molecule has 1 aromatic carbocycles. The lowest BCUT2D eigenvalue weighted by Gasteiger charge is -2.12. The first-order chi connectivity index (χ1) is 7.86. The van der Waals surface area contributed by atoms with Gasteiger partial charge in [0, 0.05) is 13.0 Å². The molecule has 0 aromatic heterocycles. The first-order valence-electron chi connectivity index (χ1n) is 4.39. The smallest absolute Gasteiger partial charge is 0.273 e. The molecule has 0 spiro atoms. The van der Waals surface area contributed by atoms with E-state index in [1.165, 1.54) is 0 Å². The van der Waals surface area contributed by atoms with E-state index in [0.29, 0.717) is 0 Å². The molecule has 0 radical (unpaired) electrons. The summed E-state index contributed by atoms with van der Waals surface area (Å²) in [6.45, 7) is 1.01. The van der Waals surface area contributed by atoms with Crippen LogP contribution < -0.4 is 5.84 Å². The van der Waals surface area contributed by atoms with Crippen molar-refractivity contribution in [1.29, 1.82) is 0 Å². The highest BCUT2D eigenvalue weighted by Gasteiger charge is 2.25. The van der Waals surface area contributed by atoms with Crippen molar-refractivity contribution in [3.8, 4) is 0 Å². The topological polar surface area (TPSA) is 107 Å². The fourth-order valence-corrected chi connectivity index (χ4v) is 1.10. The largest absolute Gasteiger partial charge is 0.305 e. The Labute approximate surface area is 94.7 Å². The molecule has 0 unspecified atom stereocenters. The number of nitro groups is 1. The molecule has 7 nitrogen and oxygen atoms in total. The van der Waals surface area contributed by atoms with E-state index in [-0.39, 0.29) is 5.01 Å². The second-order valence-electron chi connectivity index (χ2n) is 3.09. The highest BCUT2D eigenvalue weighted by molar-refractivity contribution is 6.03. The number of nitrogens with two attached hydrogens (primary N) is 1. The lowest BCUT2D eigenvalue weighted by atomic mass is 10.1. The number of halogens is 1. The van der Waals surface area contributed by atoms with Crippen molar-refractivity contribution in [3.63, 3.8) is 0 Å². The molecule has 0 aliphatic heterocycles. The minimum absolute atomic E-state index is 0.183. The van der Waals surface area contributed by atoms with Crippen LogP contribution in [-0.4, -0.2) is 21.7 Å². The molecule has 8 heteroatoms. The Morgan fingerprint density at radius 2 is 2.06 bits per heavy atom. The third kappa shape index (κ3) is 2.42. The highest BCUT2D eigenvalue weighted by Crippen LogP contribution is 2.20. The van der Waals surface area contributed by atoms with Crippen LogP contribution >= 0.6 is 0 Å². The van der Waals surface area contributed by atoms with Crippen LogP contribution in [0.15, 0.2) is 18.2 Å². The van der Waals surface area contributed by atoms with Crippen LogP contribution in [0.25, 0.3) is 0 Å². The molecule has 90 valence electrons. The first kappa shape index (κ1) is 12.7. The Morgan fingerprint density at radius 1 is 1.47 bits per heavy atom. The van der Waals surface area contributed by atoms with Gasteiger partial charge in [0.1, 0.15) is 0 Å². The molecule has 0 saturated carbocycles. The van der Waals surface area contributed by atoms with Gasteiger partial charge in [0.2, 0.25) is 11.7 Å². The number of amides is 2. The minimum atomic E-state index is -1.32. The van der Waals surface area contributed by atoms with E-state index < -0.39 is 33.8 Å². The number of hydrogen-bond acceptors (Lipinski definition) is 5. The molecule has 0 atom stereocenters. The summed E-state index contributed by atoms with van der Waals surface area (Å²) in [7, 11) is 0. The van der Waals surface area contributed by atoms with Crippen molar-refractivity contribution in [3.05, 3.63) is 39.7 Å². The van der Waals surface area contributed by atoms with Gasteiger partial charge in [-0.2, -0.15) is 4.39 Å². The molecule has 0 heterocycles. The van der Waals surface area contributed by atoms with Crippen molar-refractivity contribution in [2.75, 3.05) is 0 Å². The van der Waals surface area contributed by atoms with Gasteiger partial charge in [-0.25, -0.2) is 10.9 Å². The molecule has 0 bridgehead atoms. The fourth-order valence-electron chi connectivity index (χ4n) is 1.10. The van der Waals surface area contributed by atoms with E-state index in [1.54, 1.807) is 0 Å². The van der Waals surface area contributed by atoms with Crippen LogP contribution in [0.4, 0.5) is 10.1 Å². The van der Waals surface area contributed by atoms with Crippen molar-refractivity contribution in [2.24, 2.45) is 5.84 Å². The van der Waals surface area contributed by atoms with Crippen molar-refractivity contribution in [1.82, 2.24) is 5.01 Å². The van der Waals surface area contributed by atoms with Gasteiger partial charge >= 0.3 is 5.69 Å². The Balaban J connectivity index is 3.24. The second-order valence-corrected chi connectivity index (χ2v) is 3.09. The van der Waals surface area contributed by atoms with Gasteiger partial charge in [0.15, 0.2) is 0 Å². The zero-order valence-electron chi connectivity index (χ0n) is 8.71. The SMILES string of the molecule is CC(=O)N(N)C(=O)c1cccc([N+](=O)[O-])c1F. The molecule has 0 aliphatic carbocycles. The van der Waals surface area contributed by atoms with E-state index in [9.17, 15) is 24.1 Å². The molecular weight excluding hydrogens is 233 g/mol. The van der Waals surface area contributed by atoms with Gasteiger partial charge in [-0.15, -0.1) is 0 Å². The van der Waals surface area contributed by atoms with Crippen LogP contribution in [0.1, 0.15) is 17.3 Å². The van der Waals surface area contributed by atoms with Crippen LogP contribution in [-0.2, 0) is 4.79 Å². The summed E-state index contributed by atoms with van der Waals surface area (Å²) in [6, 6.07) is 3.04. The Kier molecular flexibility index (Phi) is 3.49. The first-order valence-corrected chi connectivity index (χ1v) is 4.39. The number of hydrogen-bond donors (Lipinski definition) is 1. The summed E-state index contributed by atoms with van der Waals surface area (Å²) in [5.74, 6) is 1.82. The van der Waals surface area contributed by atoms with Gasteiger partial charge in [-0.05, 0) is 6.07 Å². The van der Waals surface area contributed by atoms with Crippen LogP contribution in [0, 0.1) is 15.9 Å². The van der Waals surface area contributed by atoms with Crippen molar-refractivity contribution >= 4 is 17.5 Å². The lowest BCUT2D eigenvalue weighted by molar-refractivity contribution is -0.387. The lowest BCUT2D eigenvalue weighted by Crippen LogP contribution is -2.41. The number of hydrazine groups is 1. The number of nitrogens with zero attached hydrogens (tertiary/aromatic N) is 2. The maximum atomic E-state index is 13.5. The van der Waals surface area contributed by atoms with Gasteiger partial charge in [-0.1, -0.05) is 6.07 Å². The van der Waals surface area contributed by atoms with Crippen LogP contribution in [0.5, 0.6) is 0 Å². The molecule has 17 heavy (non-hydrogen) atoms. The summed E-state index contributed by atoms with van der Waals surface area (Å²) in [6.07, 6.45) is 0. The molecule has 0 aliphatic rings. The predicted octanol–water partition coefficient (Wildman–Crippen LogP) is 0.596.